The van der Waals surface area contributed by atoms with E-state index >= 15 is 0 Å². The minimum atomic E-state index is -4.75. The van der Waals surface area contributed by atoms with Crippen LogP contribution in [0.2, 0.25) is 10.0 Å². The summed E-state index contributed by atoms with van der Waals surface area (Å²) in [6.07, 6.45) is -5.46. The fourth-order valence-electron chi connectivity index (χ4n) is 2.55. The maximum atomic E-state index is 14.0. The van der Waals surface area contributed by atoms with Gasteiger partial charge in [-0.3, -0.25) is 4.79 Å². The Hall–Kier alpha value is -1.42. The molecule has 174 valence electrons. The van der Waals surface area contributed by atoms with Gasteiger partial charge in [-0.15, -0.1) is 0 Å². The van der Waals surface area contributed by atoms with Crippen LogP contribution in [0.4, 0.5) is 23.4 Å². The minimum Gasteiger partial charge on any atom is -0.372 e. The smallest absolute Gasteiger partial charge is 0.372 e. The number of aromatic nitrogens is 2. The molecule has 1 amide bonds. The fraction of sp³-hybridized carbons (Fsp3) is 0.353. The zero-order valence-corrected chi connectivity index (χ0v) is 19.9. The number of nitrogens with one attached hydrogen (secondary N) is 1. The molecule has 0 aliphatic rings. The topological polar surface area (TPSA) is 79.9 Å². The van der Waals surface area contributed by atoms with Crippen LogP contribution in [-0.2, 0) is 15.7 Å². The number of nitrogens with zero attached hydrogens (tertiary/aromatic N) is 3. The highest BCUT2D eigenvalue weighted by molar-refractivity contribution is 8.03. The number of methoxy groups -OCH3 is 1. The standard InChI is InChI=1S/C17H12Cl4F4N4O2S/c1-3-11(31-2)15(30)27-14-13(32-17(20,21)25)10(6-26)28-29(14)12-8(18)4-7(5-9(12)19)16(22,23)24/h4-5,11H,3H2,1-2H3,(H,27,30). The van der Waals surface area contributed by atoms with Crippen LogP contribution in [0.1, 0.15) is 24.6 Å². The highest BCUT2D eigenvalue weighted by atomic mass is 35.5. The third-order valence-electron chi connectivity index (χ3n) is 3.91. The van der Waals surface area contributed by atoms with Crippen molar-refractivity contribution in [2.24, 2.45) is 0 Å². The van der Waals surface area contributed by atoms with Gasteiger partial charge in [-0.05, 0) is 30.3 Å². The second kappa shape index (κ2) is 10.2. The van der Waals surface area contributed by atoms with Gasteiger partial charge in [0.2, 0.25) is 0 Å². The number of carbonyl (C=O) groups is 1. The molecular formula is C17H12Cl4F4N4O2S. The predicted molar refractivity (Wildman–Crippen MR) is 114 cm³/mol. The summed E-state index contributed by atoms with van der Waals surface area (Å²) in [5.41, 5.74) is -1.90. The second-order valence-electron chi connectivity index (χ2n) is 6.01. The number of thioether (sulfide) groups is 1. The highest BCUT2D eigenvalue weighted by Gasteiger charge is 2.35. The van der Waals surface area contributed by atoms with Crippen molar-refractivity contribution in [3.63, 3.8) is 0 Å². The Morgan fingerprint density at radius 2 is 1.88 bits per heavy atom. The van der Waals surface area contributed by atoms with E-state index in [1.165, 1.54) is 7.11 Å². The van der Waals surface area contributed by atoms with Crippen LogP contribution in [0.25, 0.3) is 5.69 Å². The number of hydrogen-bond donors (Lipinski definition) is 1. The Balaban J connectivity index is 2.78. The van der Waals surface area contributed by atoms with E-state index < -0.39 is 43.4 Å². The molecule has 0 aliphatic carbocycles. The number of amides is 1. The maximum absolute atomic E-state index is 14.0. The lowest BCUT2D eigenvalue weighted by Crippen LogP contribution is -2.30. The SMILES string of the molecule is CCC(OC)C(=O)Nc1c(SC(F)(Cl)Cl)c(C#N)nn1-c1c(Cl)cc(C(F)(F)F)cc1Cl. The molecule has 6 nitrogen and oxygen atoms in total. The van der Waals surface area contributed by atoms with Gasteiger partial charge in [-0.2, -0.15) is 27.9 Å². The van der Waals surface area contributed by atoms with Crippen LogP contribution < -0.4 is 5.32 Å². The van der Waals surface area contributed by atoms with Gasteiger partial charge in [0, 0.05) is 7.11 Å². The number of carbonyl (C=O) groups excluding carboxylic acids is 1. The van der Waals surface area contributed by atoms with E-state index in [0.717, 1.165) is 4.68 Å². The number of rotatable bonds is 7. The third-order valence-corrected chi connectivity index (χ3v) is 5.77. The fourth-order valence-corrected chi connectivity index (χ4v) is 4.31. The summed E-state index contributed by atoms with van der Waals surface area (Å²) >= 11 is 23.0. The summed E-state index contributed by atoms with van der Waals surface area (Å²) in [5, 5.41) is 14.7. The Morgan fingerprint density at radius 1 is 1.31 bits per heavy atom. The Labute approximate surface area is 203 Å². The normalized spacial score (nSPS) is 13.0. The molecular weight excluding hydrogens is 542 g/mol. The summed E-state index contributed by atoms with van der Waals surface area (Å²) in [4.78, 5) is 12.3. The zero-order chi connectivity index (χ0) is 24.4. The molecule has 1 aromatic heterocycles. The van der Waals surface area contributed by atoms with Crippen molar-refractivity contribution in [2.75, 3.05) is 12.4 Å². The monoisotopic (exact) mass is 552 g/mol. The van der Waals surface area contributed by atoms with Crippen LogP contribution in [0.15, 0.2) is 17.0 Å². The minimum absolute atomic E-state index is 0.119. The number of halogens is 8. The Kier molecular flexibility index (Phi) is 8.58. The summed E-state index contributed by atoms with van der Waals surface area (Å²) in [7, 11) is 1.27. The Morgan fingerprint density at radius 3 is 2.28 bits per heavy atom. The van der Waals surface area contributed by atoms with E-state index in [1.807, 2.05) is 0 Å². The van der Waals surface area contributed by atoms with Gasteiger partial charge >= 0.3 is 10.1 Å². The van der Waals surface area contributed by atoms with Gasteiger partial charge in [0.05, 0.1) is 20.5 Å². The average molecular weight is 554 g/mol. The number of nitriles is 1. The predicted octanol–water partition coefficient (Wildman–Crippen LogP) is 6.58. The van der Waals surface area contributed by atoms with E-state index in [4.69, 9.17) is 51.1 Å². The number of benzene rings is 1. The largest absolute Gasteiger partial charge is 0.416 e. The second-order valence-corrected chi connectivity index (χ2v) is 9.68. The van der Waals surface area contributed by atoms with Crippen LogP contribution in [-0.4, -0.2) is 32.8 Å². The van der Waals surface area contributed by atoms with E-state index in [2.05, 4.69) is 10.4 Å². The molecule has 1 unspecified atom stereocenters. The van der Waals surface area contributed by atoms with Crippen molar-refractivity contribution in [1.82, 2.24) is 9.78 Å². The molecule has 15 heteroatoms. The molecule has 0 spiro atoms. The molecule has 0 bridgehead atoms. The van der Waals surface area contributed by atoms with Crippen molar-refractivity contribution in [2.45, 2.75) is 34.4 Å². The molecule has 0 radical (unpaired) electrons. The molecule has 0 aliphatic heterocycles. The third kappa shape index (κ3) is 6.12. The molecule has 0 saturated heterocycles. The van der Waals surface area contributed by atoms with Crippen molar-refractivity contribution >= 4 is 69.9 Å². The van der Waals surface area contributed by atoms with Crippen molar-refractivity contribution in [3.8, 4) is 11.8 Å². The van der Waals surface area contributed by atoms with Gasteiger partial charge < -0.3 is 10.1 Å². The number of anilines is 1. The molecule has 0 fully saturated rings. The molecule has 1 N–H and O–H groups in total. The van der Waals surface area contributed by atoms with Crippen molar-refractivity contribution in [1.29, 1.82) is 5.26 Å². The van der Waals surface area contributed by atoms with Crippen LogP contribution in [0, 0.1) is 11.3 Å². The first-order chi connectivity index (χ1) is 14.7. The quantitative estimate of drug-likeness (QED) is 0.238. The zero-order valence-electron chi connectivity index (χ0n) is 16.0. The average Bonchev–Trinajstić information content (AvgIpc) is 2.97. The molecule has 2 aromatic rings. The van der Waals surface area contributed by atoms with Crippen LogP contribution in [0.3, 0.4) is 0 Å². The van der Waals surface area contributed by atoms with E-state index in [1.54, 1.807) is 13.0 Å². The van der Waals surface area contributed by atoms with E-state index in [0.29, 0.717) is 12.1 Å². The molecule has 1 atom stereocenters. The molecule has 2 rings (SSSR count). The van der Waals surface area contributed by atoms with Gasteiger partial charge in [0.25, 0.3) is 5.91 Å². The molecule has 0 saturated carbocycles. The lowest BCUT2D eigenvalue weighted by molar-refractivity contribution is -0.137. The maximum Gasteiger partial charge on any atom is 0.416 e. The van der Waals surface area contributed by atoms with E-state index in [-0.39, 0.29) is 34.6 Å². The summed E-state index contributed by atoms with van der Waals surface area (Å²) in [6, 6.07) is 2.84. The first kappa shape index (κ1) is 26.8. The van der Waals surface area contributed by atoms with Gasteiger partial charge in [0.15, 0.2) is 11.5 Å². The van der Waals surface area contributed by atoms with Crippen molar-refractivity contribution in [3.05, 3.63) is 33.4 Å². The molecule has 1 aromatic carbocycles. The van der Waals surface area contributed by atoms with E-state index in [9.17, 15) is 27.6 Å². The molecule has 1 heterocycles. The van der Waals surface area contributed by atoms with Crippen molar-refractivity contribution < 1.29 is 27.1 Å². The lowest BCUT2D eigenvalue weighted by atomic mass is 10.2. The highest BCUT2D eigenvalue weighted by Crippen LogP contribution is 2.47. The van der Waals surface area contributed by atoms with Gasteiger partial charge in [0.1, 0.15) is 17.9 Å². The summed E-state index contributed by atoms with van der Waals surface area (Å²) in [5.74, 6) is -1.07. The van der Waals surface area contributed by atoms with Crippen LogP contribution in [0.5, 0.6) is 0 Å². The van der Waals surface area contributed by atoms with Gasteiger partial charge in [-0.1, -0.05) is 53.3 Å². The Bertz CT molecular complexity index is 1040. The first-order valence-electron chi connectivity index (χ1n) is 8.42. The lowest BCUT2D eigenvalue weighted by Gasteiger charge is -2.18. The summed E-state index contributed by atoms with van der Waals surface area (Å²) < 4.78 is 56.1. The first-order valence-corrected chi connectivity index (χ1v) is 10.7. The van der Waals surface area contributed by atoms with Gasteiger partial charge in [-0.25, -0.2) is 4.68 Å². The number of hydrogen-bond acceptors (Lipinski definition) is 5. The molecule has 32 heavy (non-hydrogen) atoms. The number of alkyl halides is 6. The summed E-state index contributed by atoms with van der Waals surface area (Å²) in [6.45, 7) is 1.65. The number of ether oxygens (including phenoxy) is 1. The van der Waals surface area contributed by atoms with Crippen LogP contribution >= 0.6 is 58.2 Å².